The molecule has 5 heterocycles. The smallest absolute Gasteiger partial charge is 0.146 e. The molecule has 0 unspecified atom stereocenters. The lowest BCUT2D eigenvalue weighted by atomic mass is 10.0. The minimum Gasteiger partial charge on any atom is -0.309 e. The first kappa shape index (κ1) is 27.9. The molecule has 0 atom stereocenters. The van der Waals surface area contributed by atoms with Crippen LogP contribution in [-0.4, -0.2) is 23.7 Å². The van der Waals surface area contributed by atoms with Crippen molar-refractivity contribution in [1.29, 1.82) is 0 Å². The van der Waals surface area contributed by atoms with E-state index in [1.165, 1.54) is 43.6 Å². The molecule has 0 saturated carbocycles. The Labute approximate surface area is 292 Å². The summed E-state index contributed by atoms with van der Waals surface area (Å²) in [5, 5.41) is 7.12. The fourth-order valence-corrected chi connectivity index (χ4v) is 8.20. The summed E-state index contributed by atoms with van der Waals surface area (Å²) in [5.41, 5.74) is 11.9. The molecule has 5 heteroatoms. The van der Waals surface area contributed by atoms with Gasteiger partial charge in [0.05, 0.1) is 27.8 Å². The Morgan fingerprint density at radius 2 is 0.784 bits per heavy atom. The van der Waals surface area contributed by atoms with Crippen LogP contribution in [0.4, 0.5) is 0 Å². The number of hydrogen-bond donors (Lipinski definition) is 0. The molecule has 238 valence electrons. The Morgan fingerprint density at radius 1 is 0.333 bits per heavy atom. The van der Waals surface area contributed by atoms with E-state index in [4.69, 9.17) is 9.97 Å². The highest BCUT2D eigenvalue weighted by Crippen LogP contribution is 2.39. The lowest BCUT2D eigenvalue weighted by Gasteiger charge is -2.17. The van der Waals surface area contributed by atoms with Crippen molar-refractivity contribution in [2.45, 2.75) is 0 Å². The van der Waals surface area contributed by atoms with Crippen LogP contribution in [0.25, 0.3) is 93.9 Å². The SMILES string of the molecule is c1cc(-c2ccc(-n3c4ccccc4c4ccccc43)cc2-n2c3ncccc3c3cccnc32)cc(-n2c3ccccc3c3ccccc32)c1. The molecule has 5 aromatic heterocycles. The maximum Gasteiger partial charge on any atom is 0.146 e. The van der Waals surface area contributed by atoms with E-state index in [0.29, 0.717) is 0 Å². The number of aromatic nitrogens is 5. The van der Waals surface area contributed by atoms with Gasteiger partial charge >= 0.3 is 0 Å². The van der Waals surface area contributed by atoms with E-state index in [2.05, 4.69) is 165 Å². The van der Waals surface area contributed by atoms with E-state index in [0.717, 1.165) is 50.3 Å². The molecule has 0 aliphatic carbocycles. The number of rotatable bonds is 4. The van der Waals surface area contributed by atoms with Gasteiger partial charge in [-0.25, -0.2) is 9.97 Å². The molecule has 5 nitrogen and oxygen atoms in total. The van der Waals surface area contributed by atoms with Crippen molar-refractivity contribution >= 4 is 65.7 Å². The Morgan fingerprint density at radius 3 is 1.29 bits per heavy atom. The van der Waals surface area contributed by atoms with Gasteiger partial charge in [0, 0.05) is 61.6 Å². The largest absolute Gasteiger partial charge is 0.309 e. The van der Waals surface area contributed by atoms with Gasteiger partial charge in [-0.1, -0.05) is 91.0 Å². The van der Waals surface area contributed by atoms with E-state index in [1.54, 1.807) is 0 Å². The second-order valence-electron chi connectivity index (χ2n) is 13.1. The third kappa shape index (κ3) is 4.03. The zero-order valence-electron chi connectivity index (χ0n) is 27.5. The predicted molar refractivity (Wildman–Crippen MR) is 210 cm³/mol. The molecule has 0 spiro atoms. The molecule has 0 fully saturated rings. The van der Waals surface area contributed by atoms with Crippen molar-refractivity contribution in [2.75, 3.05) is 0 Å². The lowest BCUT2D eigenvalue weighted by Crippen LogP contribution is -2.03. The topological polar surface area (TPSA) is 40.6 Å². The highest BCUT2D eigenvalue weighted by atomic mass is 15.1. The van der Waals surface area contributed by atoms with Crippen molar-refractivity contribution in [3.8, 4) is 28.2 Å². The van der Waals surface area contributed by atoms with Crippen LogP contribution in [0.15, 0.2) is 176 Å². The molecular formula is C46H29N5. The van der Waals surface area contributed by atoms with Crippen LogP contribution >= 0.6 is 0 Å². The van der Waals surface area contributed by atoms with Crippen LogP contribution in [0.2, 0.25) is 0 Å². The van der Waals surface area contributed by atoms with Crippen LogP contribution in [0.5, 0.6) is 0 Å². The van der Waals surface area contributed by atoms with Gasteiger partial charge in [0.15, 0.2) is 0 Å². The first-order chi connectivity index (χ1) is 25.3. The highest BCUT2D eigenvalue weighted by molar-refractivity contribution is 6.11. The molecule has 51 heavy (non-hydrogen) atoms. The van der Waals surface area contributed by atoms with Crippen molar-refractivity contribution in [2.24, 2.45) is 0 Å². The van der Waals surface area contributed by atoms with Gasteiger partial charge < -0.3 is 9.13 Å². The third-order valence-corrected chi connectivity index (χ3v) is 10.3. The minimum atomic E-state index is 0.880. The standard InChI is InChI=1S/C46H29N5/c1-5-20-40-34(14-1)35-15-2-6-21-41(35)49(40)31-13-9-12-30(28-31)33-25-24-32(50-42-22-7-3-16-36(42)37-17-4-8-23-43(37)50)29-44(33)51-45-38(18-10-26-47-45)39-19-11-27-48-46(39)51/h1-29H. The first-order valence-electron chi connectivity index (χ1n) is 17.3. The van der Waals surface area contributed by atoms with Crippen molar-refractivity contribution in [1.82, 2.24) is 23.7 Å². The summed E-state index contributed by atoms with van der Waals surface area (Å²) in [6.07, 6.45) is 3.74. The highest BCUT2D eigenvalue weighted by Gasteiger charge is 2.20. The number of para-hydroxylation sites is 4. The second kappa shape index (κ2) is 10.8. The second-order valence-corrected chi connectivity index (χ2v) is 13.1. The summed E-state index contributed by atoms with van der Waals surface area (Å²) in [4.78, 5) is 9.92. The number of benzene rings is 6. The van der Waals surface area contributed by atoms with Crippen LogP contribution in [-0.2, 0) is 0 Å². The third-order valence-electron chi connectivity index (χ3n) is 10.3. The Balaban J connectivity index is 1.22. The average Bonchev–Trinajstić information content (AvgIpc) is 3.84. The monoisotopic (exact) mass is 651 g/mol. The molecule has 0 aliphatic heterocycles. The summed E-state index contributed by atoms with van der Waals surface area (Å²) >= 11 is 0. The Bertz CT molecular complexity index is 3000. The quantitative estimate of drug-likeness (QED) is 0.190. The number of fused-ring (bicyclic) bond motifs is 9. The van der Waals surface area contributed by atoms with Gasteiger partial charge in [-0.3, -0.25) is 4.57 Å². The molecule has 0 amide bonds. The number of nitrogens with zero attached hydrogens (tertiary/aromatic N) is 5. The normalized spacial score (nSPS) is 11.9. The predicted octanol–water partition coefficient (Wildman–Crippen LogP) is 11.4. The van der Waals surface area contributed by atoms with Gasteiger partial charge in [-0.05, 0) is 78.4 Å². The summed E-state index contributed by atoms with van der Waals surface area (Å²) in [6, 6.07) is 58.7. The molecule has 11 aromatic rings. The summed E-state index contributed by atoms with van der Waals surface area (Å²) in [5.74, 6) is 0. The van der Waals surface area contributed by atoms with Crippen molar-refractivity contribution in [3.63, 3.8) is 0 Å². The van der Waals surface area contributed by atoms with E-state index in [1.807, 2.05) is 24.5 Å². The Kier molecular flexibility index (Phi) is 5.89. The maximum absolute atomic E-state index is 4.96. The lowest BCUT2D eigenvalue weighted by molar-refractivity contribution is 1.09. The van der Waals surface area contributed by atoms with Gasteiger partial charge in [-0.15, -0.1) is 0 Å². The van der Waals surface area contributed by atoms with Gasteiger partial charge in [0.1, 0.15) is 11.3 Å². The summed E-state index contributed by atoms with van der Waals surface area (Å²) in [7, 11) is 0. The molecule has 0 aliphatic rings. The van der Waals surface area contributed by atoms with E-state index in [9.17, 15) is 0 Å². The van der Waals surface area contributed by atoms with Crippen LogP contribution in [0.1, 0.15) is 0 Å². The van der Waals surface area contributed by atoms with E-state index in [-0.39, 0.29) is 0 Å². The number of pyridine rings is 2. The van der Waals surface area contributed by atoms with Crippen molar-refractivity contribution < 1.29 is 0 Å². The van der Waals surface area contributed by atoms with Gasteiger partial charge in [0.2, 0.25) is 0 Å². The maximum atomic E-state index is 4.96. The minimum absolute atomic E-state index is 0.880. The van der Waals surface area contributed by atoms with Gasteiger partial charge in [0.25, 0.3) is 0 Å². The molecule has 0 radical (unpaired) electrons. The van der Waals surface area contributed by atoms with Crippen LogP contribution < -0.4 is 0 Å². The molecule has 0 bridgehead atoms. The van der Waals surface area contributed by atoms with E-state index < -0.39 is 0 Å². The molecule has 0 saturated heterocycles. The first-order valence-corrected chi connectivity index (χ1v) is 17.3. The zero-order chi connectivity index (χ0) is 33.5. The zero-order valence-corrected chi connectivity index (χ0v) is 27.5. The van der Waals surface area contributed by atoms with Crippen LogP contribution in [0, 0.1) is 0 Å². The molecular weight excluding hydrogens is 623 g/mol. The Hall–Kier alpha value is -6.98. The van der Waals surface area contributed by atoms with Crippen molar-refractivity contribution in [3.05, 3.63) is 176 Å². The fourth-order valence-electron chi connectivity index (χ4n) is 8.20. The fraction of sp³-hybridized carbons (Fsp3) is 0. The van der Waals surface area contributed by atoms with Gasteiger partial charge in [-0.2, -0.15) is 0 Å². The summed E-state index contributed by atoms with van der Waals surface area (Å²) in [6.45, 7) is 0. The molecule has 6 aromatic carbocycles. The molecule has 11 rings (SSSR count). The molecule has 0 N–H and O–H groups in total. The summed E-state index contributed by atoms with van der Waals surface area (Å²) < 4.78 is 7.00. The van der Waals surface area contributed by atoms with Crippen LogP contribution in [0.3, 0.4) is 0 Å². The number of hydrogen-bond acceptors (Lipinski definition) is 2. The van der Waals surface area contributed by atoms with E-state index >= 15 is 0 Å². The average molecular weight is 652 g/mol.